The van der Waals surface area contributed by atoms with E-state index in [1.54, 1.807) is 18.2 Å². The van der Waals surface area contributed by atoms with Gasteiger partial charge >= 0.3 is 0 Å². The van der Waals surface area contributed by atoms with Gasteiger partial charge < -0.3 is 9.47 Å². The average molecular weight is 341 g/mol. The number of rotatable bonds is 8. The van der Waals surface area contributed by atoms with E-state index in [1.165, 1.54) is 0 Å². The normalized spacial score (nSPS) is 18.9. The molecule has 0 amide bonds. The second-order valence-electron chi connectivity index (χ2n) is 6.40. The monoisotopic (exact) mass is 341 g/mol. The lowest BCUT2D eigenvalue weighted by Crippen LogP contribution is -2.34. The van der Waals surface area contributed by atoms with Crippen LogP contribution in [0.5, 0.6) is 0 Å². The maximum absolute atomic E-state index is 12.3. The Morgan fingerprint density at radius 1 is 1.30 bits per heavy atom. The van der Waals surface area contributed by atoms with Crippen LogP contribution in [0.2, 0.25) is 0 Å². The zero-order valence-electron chi connectivity index (χ0n) is 14.2. The summed E-state index contributed by atoms with van der Waals surface area (Å²) < 4.78 is 38.5. The SMILES string of the molecule is CCC(C)(CCCNS(=O)(=O)c1cccc(C)c1)C1OCCO1. The fourth-order valence-corrected chi connectivity index (χ4v) is 3.97. The molecule has 1 unspecified atom stereocenters. The summed E-state index contributed by atoms with van der Waals surface area (Å²) in [5.74, 6) is 0. The molecule has 2 rings (SSSR count). The Labute approximate surface area is 139 Å². The van der Waals surface area contributed by atoms with Crippen molar-refractivity contribution < 1.29 is 17.9 Å². The molecule has 130 valence electrons. The third-order valence-corrected chi connectivity index (χ3v) is 5.97. The smallest absolute Gasteiger partial charge is 0.240 e. The van der Waals surface area contributed by atoms with Crippen LogP contribution in [-0.2, 0) is 19.5 Å². The van der Waals surface area contributed by atoms with E-state index in [2.05, 4.69) is 18.6 Å². The molecule has 1 fully saturated rings. The minimum absolute atomic E-state index is 0.0781. The predicted molar refractivity (Wildman–Crippen MR) is 89.7 cm³/mol. The van der Waals surface area contributed by atoms with Gasteiger partial charge in [-0.1, -0.05) is 26.0 Å². The lowest BCUT2D eigenvalue weighted by Gasteiger charge is -2.33. The molecule has 5 nitrogen and oxygen atoms in total. The topological polar surface area (TPSA) is 64.6 Å². The summed E-state index contributed by atoms with van der Waals surface area (Å²) in [6.45, 7) is 7.83. The highest BCUT2D eigenvalue weighted by Gasteiger charge is 2.36. The Balaban J connectivity index is 1.86. The first-order valence-corrected chi connectivity index (χ1v) is 9.65. The molecule has 1 heterocycles. The summed E-state index contributed by atoms with van der Waals surface area (Å²) in [4.78, 5) is 0.318. The van der Waals surface area contributed by atoms with Crippen LogP contribution in [0.1, 0.15) is 38.7 Å². The van der Waals surface area contributed by atoms with Gasteiger partial charge in [0, 0.05) is 12.0 Å². The van der Waals surface area contributed by atoms with Gasteiger partial charge in [0.25, 0.3) is 0 Å². The molecule has 1 N–H and O–H groups in total. The number of benzene rings is 1. The fraction of sp³-hybridized carbons (Fsp3) is 0.647. The number of nitrogens with one attached hydrogen (secondary N) is 1. The maximum atomic E-state index is 12.3. The van der Waals surface area contributed by atoms with Gasteiger partial charge in [-0.15, -0.1) is 0 Å². The molecule has 1 atom stereocenters. The van der Waals surface area contributed by atoms with Crippen molar-refractivity contribution in [3.63, 3.8) is 0 Å². The standard InChI is InChI=1S/C17H27NO4S/c1-4-17(3,16-21-11-12-22-16)9-6-10-18-23(19,20)15-8-5-7-14(2)13-15/h5,7-8,13,16,18H,4,6,9-12H2,1-3H3. The Hall–Kier alpha value is -0.950. The average Bonchev–Trinajstić information content (AvgIpc) is 3.06. The van der Waals surface area contributed by atoms with Crippen molar-refractivity contribution in [2.45, 2.75) is 51.2 Å². The Morgan fingerprint density at radius 2 is 2.00 bits per heavy atom. The summed E-state index contributed by atoms with van der Waals surface area (Å²) in [5, 5.41) is 0. The zero-order valence-corrected chi connectivity index (χ0v) is 15.0. The molecule has 0 bridgehead atoms. The fourth-order valence-electron chi connectivity index (χ4n) is 2.79. The second-order valence-corrected chi connectivity index (χ2v) is 8.17. The number of hydrogen-bond donors (Lipinski definition) is 1. The van der Waals surface area contributed by atoms with Gasteiger partial charge in [0.15, 0.2) is 6.29 Å². The quantitative estimate of drug-likeness (QED) is 0.739. The molecule has 0 aromatic heterocycles. The molecule has 6 heteroatoms. The van der Waals surface area contributed by atoms with Crippen molar-refractivity contribution >= 4 is 10.0 Å². The molecule has 0 saturated carbocycles. The van der Waals surface area contributed by atoms with Crippen LogP contribution < -0.4 is 4.72 Å². The third-order valence-electron chi connectivity index (χ3n) is 4.52. The molecule has 1 aliphatic heterocycles. The minimum atomic E-state index is -3.44. The van der Waals surface area contributed by atoms with E-state index in [4.69, 9.17) is 9.47 Å². The van der Waals surface area contributed by atoms with Gasteiger partial charge in [0.2, 0.25) is 10.0 Å². The highest BCUT2D eigenvalue weighted by molar-refractivity contribution is 7.89. The summed E-state index contributed by atoms with van der Waals surface area (Å²) in [5.41, 5.74) is 0.854. The number of sulfonamides is 1. The van der Waals surface area contributed by atoms with Gasteiger partial charge in [0.05, 0.1) is 18.1 Å². The van der Waals surface area contributed by atoms with Crippen LogP contribution in [0, 0.1) is 12.3 Å². The van der Waals surface area contributed by atoms with E-state index in [9.17, 15) is 8.42 Å². The molecule has 1 saturated heterocycles. The van der Waals surface area contributed by atoms with E-state index in [-0.39, 0.29) is 11.7 Å². The van der Waals surface area contributed by atoms with Crippen LogP contribution >= 0.6 is 0 Å². The summed E-state index contributed by atoms with van der Waals surface area (Å²) in [6, 6.07) is 6.94. The lowest BCUT2D eigenvalue weighted by molar-refractivity contribution is -0.131. The molecular formula is C17H27NO4S. The maximum Gasteiger partial charge on any atom is 0.240 e. The minimum Gasteiger partial charge on any atom is -0.350 e. The van der Waals surface area contributed by atoms with Crippen molar-refractivity contribution in [1.82, 2.24) is 4.72 Å². The van der Waals surface area contributed by atoms with E-state index in [1.807, 2.05) is 13.0 Å². The Kier molecular flexibility index (Phi) is 6.19. The number of hydrogen-bond acceptors (Lipinski definition) is 4. The lowest BCUT2D eigenvalue weighted by atomic mass is 9.82. The van der Waals surface area contributed by atoms with Gasteiger partial charge in [-0.2, -0.15) is 0 Å². The molecule has 0 radical (unpaired) electrons. The van der Waals surface area contributed by atoms with Gasteiger partial charge in [-0.25, -0.2) is 13.1 Å². The van der Waals surface area contributed by atoms with Crippen LogP contribution in [-0.4, -0.2) is 34.5 Å². The molecular weight excluding hydrogens is 314 g/mol. The van der Waals surface area contributed by atoms with Crippen LogP contribution in [0.25, 0.3) is 0 Å². The molecule has 1 aliphatic rings. The van der Waals surface area contributed by atoms with Gasteiger partial charge in [-0.3, -0.25) is 0 Å². The number of ether oxygens (including phenoxy) is 2. The van der Waals surface area contributed by atoms with Gasteiger partial charge in [0.1, 0.15) is 0 Å². The predicted octanol–water partition coefficient (Wildman–Crippen LogP) is 2.84. The highest BCUT2D eigenvalue weighted by atomic mass is 32.2. The number of aryl methyl sites for hydroxylation is 1. The molecule has 23 heavy (non-hydrogen) atoms. The first-order chi connectivity index (χ1) is 10.9. The van der Waals surface area contributed by atoms with Crippen LogP contribution in [0.4, 0.5) is 0 Å². The summed E-state index contributed by atoms with van der Waals surface area (Å²) >= 11 is 0. The van der Waals surface area contributed by atoms with Crippen LogP contribution in [0.3, 0.4) is 0 Å². The van der Waals surface area contributed by atoms with E-state index < -0.39 is 10.0 Å². The highest BCUT2D eigenvalue weighted by Crippen LogP contribution is 2.35. The molecule has 1 aromatic rings. The van der Waals surface area contributed by atoms with E-state index >= 15 is 0 Å². The van der Waals surface area contributed by atoms with Crippen molar-refractivity contribution in [3.05, 3.63) is 29.8 Å². The van der Waals surface area contributed by atoms with E-state index in [0.29, 0.717) is 24.7 Å². The second kappa shape index (κ2) is 7.75. The molecule has 0 spiro atoms. The first-order valence-electron chi connectivity index (χ1n) is 8.17. The van der Waals surface area contributed by atoms with Crippen molar-refractivity contribution in [1.29, 1.82) is 0 Å². The van der Waals surface area contributed by atoms with Crippen LogP contribution in [0.15, 0.2) is 29.2 Å². The molecule has 1 aromatic carbocycles. The van der Waals surface area contributed by atoms with Gasteiger partial charge in [-0.05, 0) is 43.9 Å². The van der Waals surface area contributed by atoms with Crippen molar-refractivity contribution in [2.75, 3.05) is 19.8 Å². The third kappa shape index (κ3) is 4.76. The van der Waals surface area contributed by atoms with Crippen molar-refractivity contribution in [3.8, 4) is 0 Å². The largest absolute Gasteiger partial charge is 0.350 e. The first kappa shape index (κ1) is 18.4. The Bertz CT molecular complexity index is 611. The zero-order chi connectivity index (χ0) is 16.9. The molecule has 0 aliphatic carbocycles. The summed E-state index contributed by atoms with van der Waals surface area (Å²) in [7, 11) is -3.44. The van der Waals surface area contributed by atoms with E-state index in [0.717, 1.165) is 24.8 Å². The van der Waals surface area contributed by atoms with Crippen molar-refractivity contribution in [2.24, 2.45) is 5.41 Å². The Morgan fingerprint density at radius 3 is 2.61 bits per heavy atom. The summed E-state index contributed by atoms with van der Waals surface area (Å²) in [6.07, 6.45) is 2.35.